The first-order valence-electron chi connectivity index (χ1n) is 5.61. The van der Waals surface area contributed by atoms with Crippen LogP contribution in [0.2, 0.25) is 0 Å². The molecule has 0 unspecified atom stereocenters. The summed E-state index contributed by atoms with van der Waals surface area (Å²) in [6.07, 6.45) is -1.02. The number of carbonyl (C=O) groups is 1. The summed E-state index contributed by atoms with van der Waals surface area (Å²) in [5, 5.41) is 0. The molecule has 6 nitrogen and oxygen atoms in total. The molecule has 0 radical (unpaired) electrons. The molecule has 0 spiro atoms. The normalized spacial score (nSPS) is 23.2. The molecule has 1 aliphatic rings. The van der Waals surface area contributed by atoms with Gasteiger partial charge in [0.15, 0.2) is 0 Å². The number of rotatable bonds is 3. The van der Waals surface area contributed by atoms with Crippen molar-refractivity contribution in [2.24, 2.45) is 5.73 Å². The second kappa shape index (κ2) is 4.75. The standard InChI is InChI=1S/C11H15FN4O2/c1-6-3-9(18-2)15-11(14-6)16-5-7(12)4-8(16)10(13)17/h3,7-8H,4-5H2,1-2H3,(H2,13,17)/t7-,8+/m1/s1. The molecule has 1 aromatic heterocycles. The van der Waals surface area contributed by atoms with Crippen LogP contribution in [-0.2, 0) is 4.79 Å². The van der Waals surface area contributed by atoms with Crippen LogP contribution in [0.3, 0.4) is 0 Å². The Bertz CT molecular complexity index is 468. The first-order valence-corrected chi connectivity index (χ1v) is 5.61. The molecule has 0 aliphatic carbocycles. The van der Waals surface area contributed by atoms with E-state index in [2.05, 4.69) is 9.97 Å². The zero-order valence-electron chi connectivity index (χ0n) is 10.3. The predicted molar refractivity (Wildman–Crippen MR) is 63.2 cm³/mol. The van der Waals surface area contributed by atoms with Gasteiger partial charge in [-0.15, -0.1) is 0 Å². The van der Waals surface area contributed by atoms with E-state index in [0.29, 0.717) is 11.6 Å². The molecule has 1 amide bonds. The topological polar surface area (TPSA) is 81.3 Å². The average molecular weight is 254 g/mol. The molecular formula is C11H15FN4O2. The zero-order chi connectivity index (χ0) is 13.3. The highest BCUT2D eigenvalue weighted by Gasteiger charge is 2.37. The van der Waals surface area contributed by atoms with E-state index in [4.69, 9.17) is 10.5 Å². The smallest absolute Gasteiger partial charge is 0.240 e. The number of aromatic nitrogens is 2. The second-order valence-corrected chi connectivity index (χ2v) is 4.26. The van der Waals surface area contributed by atoms with E-state index < -0.39 is 18.1 Å². The molecule has 2 atom stereocenters. The first-order chi connectivity index (χ1) is 8.51. The molecule has 1 aliphatic heterocycles. The number of amides is 1. The average Bonchev–Trinajstić information content (AvgIpc) is 2.70. The van der Waals surface area contributed by atoms with Crippen LogP contribution < -0.4 is 15.4 Å². The maximum atomic E-state index is 13.4. The van der Waals surface area contributed by atoms with Crippen LogP contribution >= 0.6 is 0 Å². The maximum absolute atomic E-state index is 13.4. The van der Waals surface area contributed by atoms with E-state index in [0.717, 1.165) is 0 Å². The van der Waals surface area contributed by atoms with Gasteiger partial charge in [0.1, 0.15) is 12.2 Å². The number of ether oxygens (including phenoxy) is 1. The van der Waals surface area contributed by atoms with Crippen LogP contribution in [0, 0.1) is 6.92 Å². The Morgan fingerprint density at radius 1 is 1.61 bits per heavy atom. The van der Waals surface area contributed by atoms with Crippen molar-refractivity contribution in [3.63, 3.8) is 0 Å². The fourth-order valence-corrected chi connectivity index (χ4v) is 2.03. The van der Waals surface area contributed by atoms with Crippen LogP contribution in [0.15, 0.2) is 6.07 Å². The second-order valence-electron chi connectivity index (χ2n) is 4.26. The number of hydrogen-bond donors (Lipinski definition) is 1. The number of carbonyl (C=O) groups excluding carboxylic acids is 1. The predicted octanol–water partition coefficient (Wildman–Crippen LogP) is 0.196. The van der Waals surface area contributed by atoms with Crippen molar-refractivity contribution in [3.8, 4) is 5.88 Å². The number of nitrogens with zero attached hydrogens (tertiary/aromatic N) is 3. The van der Waals surface area contributed by atoms with E-state index in [-0.39, 0.29) is 18.9 Å². The lowest BCUT2D eigenvalue weighted by Crippen LogP contribution is -2.41. The quantitative estimate of drug-likeness (QED) is 0.833. The van der Waals surface area contributed by atoms with Crippen molar-refractivity contribution in [1.29, 1.82) is 0 Å². The van der Waals surface area contributed by atoms with E-state index >= 15 is 0 Å². The zero-order valence-corrected chi connectivity index (χ0v) is 10.3. The summed E-state index contributed by atoms with van der Waals surface area (Å²) in [6, 6.07) is 0.956. The van der Waals surface area contributed by atoms with E-state index in [9.17, 15) is 9.18 Å². The van der Waals surface area contributed by atoms with Crippen LogP contribution in [0.1, 0.15) is 12.1 Å². The highest BCUT2D eigenvalue weighted by Crippen LogP contribution is 2.26. The van der Waals surface area contributed by atoms with Crippen LogP contribution in [0.25, 0.3) is 0 Å². The van der Waals surface area contributed by atoms with Crippen LogP contribution in [-0.4, -0.2) is 41.7 Å². The molecule has 0 saturated carbocycles. The Morgan fingerprint density at radius 2 is 2.33 bits per heavy atom. The maximum Gasteiger partial charge on any atom is 0.240 e. The van der Waals surface area contributed by atoms with Crippen molar-refractivity contribution < 1.29 is 13.9 Å². The Kier molecular flexibility index (Phi) is 3.31. The van der Waals surface area contributed by atoms with Crippen LogP contribution in [0.4, 0.5) is 10.3 Å². The van der Waals surface area contributed by atoms with E-state index in [1.165, 1.54) is 12.0 Å². The molecular weight excluding hydrogens is 239 g/mol. The lowest BCUT2D eigenvalue weighted by atomic mass is 10.2. The number of nitrogens with two attached hydrogens (primary N) is 1. The minimum absolute atomic E-state index is 0.0697. The minimum atomic E-state index is -1.10. The van der Waals surface area contributed by atoms with Gasteiger partial charge in [-0.2, -0.15) is 4.98 Å². The first kappa shape index (κ1) is 12.5. The van der Waals surface area contributed by atoms with Gasteiger partial charge in [0.25, 0.3) is 0 Å². The number of alkyl halides is 1. The molecule has 0 bridgehead atoms. The molecule has 1 saturated heterocycles. The molecule has 2 N–H and O–H groups in total. The fraction of sp³-hybridized carbons (Fsp3) is 0.545. The number of primary amides is 1. The summed E-state index contributed by atoms with van der Waals surface area (Å²) in [5.41, 5.74) is 5.94. The summed E-state index contributed by atoms with van der Waals surface area (Å²) in [4.78, 5) is 21.1. The Balaban J connectivity index is 2.35. The van der Waals surface area contributed by atoms with Crippen LogP contribution in [0.5, 0.6) is 5.88 Å². The van der Waals surface area contributed by atoms with Gasteiger partial charge in [-0.1, -0.05) is 0 Å². The third-order valence-electron chi connectivity index (χ3n) is 2.86. The van der Waals surface area contributed by atoms with Crippen molar-refractivity contribution in [1.82, 2.24) is 9.97 Å². The third-order valence-corrected chi connectivity index (χ3v) is 2.86. The fourth-order valence-electron chi connectivity index (χ4n) is 2.03. The summed E-state index contributed by atoms with van der Waals surface area (Å²) in [6.45, 7) is 1.84. The lowest BCUT2D eigenvalue weighted by Gasteiger charge is -2.22. The molecule has 0 aromatic carbocycles. The number of halogens is 1. The SMILES string of the molecule is COc1cc(C)nc(N2C[C@H](F)C[C@H]2C(N)=O)n1. The molecule has 18 heavy (non-hydrogen) atoms. The summed E-state index contributed by atoms with van der Waals surface area (Å²) < 4.78 is 18.4. The monoisotopic (exact) mass is 254 g/mol. The molecule has 1 aromatic rings. The van der Waals surface area contributed by atoms with E-state index in [1.807, 2.05) is 0 Å². The summed E-state index contributed by atoms with van der Waals surface area (Å²) in [7, 11) is 1.49. The number of anilines is 1. The molecule has 7 heteroatoms. The van der Waals surface area contributed by atoms with Gasteiger partial charge >= 0.3 is 0 Å². The van der Waals surface area contributed by atoms with Gasteiger partial charge in [0.05, 0.1) is 13.7 Å². The Labute approximate surface area is 104 Å². The van der Waals surface area contributed by atoms with Crippen molar-refractivity contribution in [2.75, 3.05) is 18.6 Å². The van der Waals surface area contributed by atoms with Gasteiger partial charge in [0, 0.05) is 18.2 Å². The van der Waals surface area contributed by atoms with Gasteiger partial charge < -0.3 is 15.4 Å². The molecule has 2 heterocycles. The summed E-state index contributed by atoms with van der Waals surface area (Å²) in [5.74, 6) is 0.0815. The number of hydrogen-bond acceptors (Lipinski definition) is 5. The van der Waals surface area contributed by atoms with Crippen molar-refractivity contribution in [3.05, 3.63) is 11.8 Å². The largest absolute Gasteiger partial charge is 0.481 e. The summed E-state index contributed by atoms with van der Waals surface area (Å²) >= 11 is 0. The van der Waals surface area contributed by atoms with Gasteiger partial charge in [-0.25, -0.2) is 9.37 Å². The Hall–Kier alpha value is -1.92. The molecule has 98 valence electrons. The minimum Gasteiger partial charge on any atom is -0.481 e. The highest BCUT2D eigenvalue weighted by atomic mass is 19.1. The van der Waals surface area contributed by atoms with Crippen molar-refractivity contribution in [2.45, 2.75) is 25.6 Å². The van der Waals surface area contributed by atoms with Gasteiger partial charge in [-0.3, -0.25) is 4.79 Å². The lowest BCUT2D eigenvalue weighted by molar-refractivity contribution is -0.119. The third kappa shape index (κ3) is 2.34. The number of aryl methyl sites for hydroxylation is 1. The van der Waals surface area contributed by atoms with Crippen molar-refractivity contribution >= 4 is 11.9 Å². The molecule has 2 rings (SSSR count). The molecule has 1 fully saturated rings. The van der Waals surface area contributed by atoms with E-state index in [1.54, 1.807) is 13.0 Å². The Morgan fingerprint density at radius 3 is 2.94 bits per heavy atom. The van der Waals surface area contributed by atoms with Gasteiger partial charge in [0.2, 0.25) is 17.7 Å². The van der Waals surface area contributed by atoms with Gasteiger partial charge in [-0.05, 0) is 6.92 Å². The number of methoxy groups -OCH3 is 1. The highest BCUT2D eigenvalue weighted by molar-refractivity contribution is 5.83.